The lowest BCUT2D eigenvalue weighted by Crippen LogP contribution is -2.20. The van der Waals surface area contributed by atoms with Gasteiger partial charge < -0.3 is 10.2 Å². The first-order valence-electron chi connectivity index (χ1n) is 4.28. The van der Waals surface area contributed by atoms with Crippen LogP contribution in [0.2, 0.25) is 0 Å². The molecule has 0 unspecified atom stereocenters. The van der Waals surface area contributed by atoms with Crippen LogP contribution in [-0.4, -0.2) is 15.8 Å². The highest BCUT2D eigenvalue weighted by atomic mass is 19.1. The van der Waals surface area contributed by atoms with Gasteiger partial charge in [0.2, 0.25) is 0 Å². The molecule has 2 rings (SSSR count). The van der Waals surface area contributed by atoms with Crippen LogP contribution in [0.3, 0.4) is 0 Å². The number of aliphatic hydroxyl groups is 2. The van der Waals surface area contributed by atoms with Gasteiger partial charge in [-0.25, -0.2) is 4.39 Å². The first kappa shape index (κ1) is 8.66. The topological polar surface area (TPSA) is 40.5 Å². The van der Waals surface area contributed by atoms with E-state index in [1.807, 2.05) is 0 Å². The monoisotopic (exact) mass is 182 g/mol. The van der Waals surface area contributed by atoms with Gasteiger partial charge in [0.15, 0.2) is 0 Å². The lowest BCUT2D eigenvalue weighted by atomic mass is 10.0. The van der Waals surface area contributed by atoms with Crippen molar-refractivity contribution in [2.45, 2.75) is 24.5 Å². The van der Waals surface area contributed by atoms with Crippen LogP contribution in [0.1, 0.15) is 24.5 Å². The van der Waals surface area contributed by atoms with Crippen molar-refractivity contribution in [3.8, 4) is 0 Å². The molecule has 0 bridgehead atoms. The van der Waals surface area contributed by atoms with E-state index in [9.17, 15) is 14.6 Å². The maximum Gasteiger partial charge on any atom is 0.129 e. The first-order valence-corrected chi connectivity index (χ1v) is 4.28. The number of hydrogen-bond acceptors (Lipinski definition) is 2. The summed E-state index contributed by atoms with van der Waals surface area (Å²) in [4.78, 5) is 0. The second kappa shape index (κ2) is 2.79. The Hall–Kier alpha value is -0.930. The van der Waals surface area contributed by atoms with Gasteiger partial charge >= 0.3 is 0 Å². The van der Waals surface area contributed by atoms with Gasteiger partial charge in [-0.3, -0.25) is 0 Å². The molecule has 0 heterocycles. The highest BCUT2D eigenvalue weighted by Crippen LogP contribution is 2.46. The van der Waals surface area contributed by atoms with Crippen molar-refractivity contribution in [2.24, 2.45) is 0 Å². The van der Waals surface area contributed by atoms with E-state index in [1.165, 1.54) is 12.1 Å². The van der Waals surface area contributed by atoms with Crippen LogP contribution in [0, 0.1) is 5.82 Å². The summed E-state index contributed by atoms with van der Waals surface area (Å²) in [5.74, 6) is -0.463. The zero-order valence-electron chi connectivity index (χ0n) is 7.07. The molecule has 3 heteroatoms. The van der Waals surface area contributed by atoms with E-state index in [-0.39, 0.29) is 5.56 Å². The quantitative estimate of drug-likeness (QED) is 0.725. The molecular weight excluding hydrogens is 171 g/mol. The summed E-state index contributed by atoms with van der Waals surface area (Å²) >= 11 is 0. The minimum absolute atomic E-state index is 0.183. The summed E-state index contributed by atoms with van der Waals surface area (Å²) < 4.78 is 13.1. The molecule has 2 nitrogen and oxygen atoms in total. The minimum atomic E-state index is -1.09. The van der Waals surface area contributed by atoms with Crippen LogP contribution in [0.25, 0.3) is 0 Å². The third-order valence-electron chi connectivity index (χ3n) is 2.47. The first-order chi connectivity index (χ1) is 6.13. The maximum absolute atomic E-state index is 13.1. The van der Waals surface area contributed by atoms with Gasteiger partial charge in [0.05, 0.1) is 5.60 Å². The van der Waals surface area contributed by atoms with Crippen molar-refractivity contribution in [1.29, 1.82) is 0 Å². The lowest BCUT2D eigenvalue weighted by Gasteiger charge is -2.17. The average Bonchev–Trinajstić information content (AvgIpc) is 2.85. The van der Waals surface area contributed by atoms with Gasteiger partial charge in [0, 0.05) is 5.56 Å². The Morgan fingerprint density at radius 3 is 2.46 bits per heavy atom. The Kier molecular flexibility index (Phi) is 1.86. The van der Waals surface area contributed by atoms with E-state index in [2.05, 4.69) is 0 Å². The lowest BCUT2D eigenvalue weighted by molar-refractivity contribution is -0.00368. The van der Waals surface area contributed by atoms with E-state index < -0.39 is 17.5 Å². The molecule has 1 saturated carbocycles. The zero-order valence-corrected chi connectivity index (χ0v) is 7.07. The molecule has 1 fully saturated rings. The van der Waals surface area contributed by atoms with Gasteiger partial charge in [0.1, 0.15) is 11.9 Å². The fourth-order valence-electron chi connectivity index (χ4n) is 1.39. The SMILES string of the molecule is O[C@H](c1ccccc1F)C1(O)CC1. The summed E-state index contributed by atoms with van der Waals surface area (Å²) in [6, 6.07) is 5.98. The van der Waals surface area contributed by atoms with Crippen LogP contribution >= 0.6 is 0 Å². The molecule has 0 amide bonds. The Morgan fingerprint density at radius 1 is 1.31 bits per heavy atom. The normalized spacial score (nSPS) is 21.2. The third-order valence-corrected chi connectivity index (χ3v) is 2.47. The van der Waals surface area contributed by atoms with Crippen molar-refractivity contribution < 1.29 is 14.6 Å². The number of benzene rings is 1. The Bertz CT molecular complexity index is 320. The highest BCUT2D eigenvalue weighted by Gasteiger charge is 2.48. The molecule has 0 aromatic heterocycles. The second-order valence-corrected chi connectivity index (χ2v) is 3.53. The average molecular weight is 182 g/mol. The predicted molar refractivity (Wildman–Crippen MR) is 45.5 cm³/mol. The molecule has 1 atom stereocenters. The number of halogens is 1. The molecule has 70 valence electrons. The van der Waals surface area contributed by atoms with E-state index in [0.717, 1.165) is 0 Å². The summed E-state index contributed by atoms with van der Waals surface area (Å²) in [5, 5.41) is 19.2. The van der Waals surface area contributed by atoms with Crippen molar-refractivity contribution in [3.63, 3.8) is 0 Å². The predicted octanol–water partition coefficient (Wildman–Crippen LogP) is 1.38. The van der Waals surface area contributed by atoms with E-state index in [1.54, 1.807) is 12.1 Å². The van der Waals surface area contributed by atoms with Crippen molar-refractivity contribution in [1.82, 2.24) is 0 Å². The second-order valence-electron chi connectivity index (χ2n) is 3.53. The Morgan fingerprint density at radius 2 is 1.92 bits per heavy atom. The number of hydrogen-bond donors (Lipinski definition) is 2. The van der Waals surface area contributed by atoms with Crippen molar-refractivity contribution in [3.05, 3.63) is 35.6 Å². The minimum Gasteiger partial charge on any atom is -0.387 e. The standard InChI is InChI=1S/C10H11FO2/c11-8-4-2-1-3-7(8)9(12)10(13)5-6-10/h1-4,9,12-13H,5-6H2/t9-/m1/s1. The number of rotatable bonds is 2. The van der Waals surface area contributed by atoms with Crippen LogP contribution in [0.4, 0.5) is 4.39 Å². The fourth-order valence-corrected chi connectivity index (χ4v) is 1.39. The molecule has 0 radical (unpaired) electrons. The molecule has 1 aliphatic rings. The smallest absolute Gasteiger partial charge is 0.129 e. The molecule has 0 aliphatic heterocycles. The summed E-state index contributed by atoms with van der Waals surface area (Å²) in [7, 11) is 0. The van der Waals surface area contributed by atoms with Crippen molar-refractivity contribution >= 4 is 0 Å². The molecule has 0 spiro atoms. The van der Waals surface area contributed by atoms with Crippen molar-refractivity contribution in [2.75, 3.05) is 0 Å². The van der Waals surface area contributed by atoms with Gasteiger partial charge in [-0.2, -0.15) is 0 Å². The molecule has 1 aromatic carbocycles. The third kappa shape index (κ3) is 1.45. The summed E-state index contributed by atoms with van der Waals surface area (Å²) in [5.41, 5.74) is -0.898. The van der Waals surface area contributed by atoms with Crippen LogP contribution in [0.15, 0.2) is 24.3 Å². The molecule has 13 heavy (non-hydrogen) atoms. The fraction of sp³-hybridized carbons (Fsp3) is 0.400. The van der Waals surface area contributed by atoms with Gasteiger partial charge in [0.25, 0.3) is 0 Å². The van der Waals surface area contributed by atoms with E-state index in [4.69, 9.17) is 0 Å². The Labute approximate surface area is 75.6 Å². The largest absolute Gasteiger partial charge is 0.387 e. The summed E-state index contributed by atoms with van der Waals surface area (Å²) in [6.45, 7) is 0. The molecule has 1 aliphatic carbocycles. The van der Waals surface area contributed by atoms with E-state index >= 15 is 0 Å². The summed E-state index contributed by atoms with van der Waals surface area (Å²) in [6.07, 6.45) is -0.000871. The number of aliphatic hydroxyl groups excluding tert-OH is 1. The Balaban J connectivity index is 2.30. The van der Waals surface area contributed by atoms with Crippen LogP contribution < -0.4 is 0 Å². The molecule has 0 saturated heterocycles. The van der Waals surface area contributed by atoms with E-state index in [0.29, 0.717) is 12.8 Å². The molecule has 2 N–H and O–H groups in total. The van der Waals surface area contributed by atoms with Gasteiger partial charge in [-0.15, -0.1) is 0 Å². The van der Waals surface area contributed by atoms with Gasteiger partial charge in [-0.05, 0) is 18.9 Å². The van der Waals surface area contributed by atoms with Crippen LogP contribution in [0.5, 0.6) is 0 Å². The highest BCUT2D eigenvalue weighted by molar-refractivity contribution is 5.24. The maximum atomic E-state index is 13.1. The molecule has 1 aromatic rings. The zero-order chi connectivity index (χ0) is 9.47. The van der Waals surface area contributed by atoms with Gasteiger partial charge in [-0.1, -0.05) is 18.2 Å². The van der Waals surface area contributed by atoms with Crippen LogP contribution in [-0.2, 0) is 0 Å². The molecular formula is C10H11FO2.